The molecule has 3 aromatic carbocycles. The fourth-order valence-electron chi connectivity index (χ4n) is 4.44. The number of hydrogen-bond acceptors (Lipinski definition) is 4. The van der Waals surface area contributed by atoms with E-state index in [9.17, 15) is 14.1 Å². The number of pyridine rings is 1. The first kappa shape index (κ1) is 23.5. The van der Waals surface area contributed by atoms with Crippen molar-refractivity contribution in [1.29, 1.82) is 0 Å². The summed E-state index contributed by atoms with van der Waals surface area (Å²) in [6.45, 7) is 0.858. The molecular formula is C27H24ClN3O3S. The second kappa shape index (κ2) is 9.77. The van der Waals surface area contributed by atoms with Gasteiger partial charge in [-0.2, -0.15) is 0 Å². The quantitative estimate of drug-likeness (QED) is 0.393. The summed E-state index contributed by atoms with van der Waals surface area (Å²) in [4.78, 5) is 19.7. The number of amides is 1. The van der Waals surface area contributed by atoms with Crippen molar-refractivity contribution in [3.63, 3.8) is 0 Å². The van der Waals surface area contributed by atoms with Gasteiger partial charge in [-0.3, -0.25) is 9.78 Å². The molecule has 2 heterocycles. The van der Waals surface area contributed by atoms with Crippen LogP contribution in [0.1, 0.15) is 28.8 Å². The number of rotatable bonds is 5. The average molecular weight is 506 g/mol. The third kappa shape index (κ3) is 4.80. The van der Waals surface area contributed by atoms with Crippen LogP contribution in [0.3, 0.4) is 0 Å². The largest absolute Gasteiger partial charge is 0.385 e. The summed E-state index contributed by atoms with van der Waals surface area (Å²) in [5.41, 5.74) is 1.53. The van der Waals surface area contributed by atoms with Gasteiger partial charge in [0.15, 0.2) is 11.0 Å². The van der Waals surface area contributed by atoms with Crippen molar-refractivity contribution in [2.45, 2.75) is 23.3 Å². The maximum atomic E-state index is 13.0. The topological polar surface area (TPSA) is 82.5 Å². The number of fused-ring (bicyclic) bond motifs is 1. The molecule has 8 heteroatoms. The molecule has 1 unspecified atom stereocenters. The number of carbonyl (C=O) groups excluding carboxylic acids is 1. The highest BCUT2D eigenvalue weighted by Gasteiger charge is 2.36. The number of benzene rings is 3. The van der Waals surface area contributed by atoms with Gasteiger partial charge < -0.3 is 14.7 Å². The third-order valence-corrected chi connectivity index (χ3v) is 7.87. The number of anilines is 1. The lowest BCUT2D eigenvalue weighted by atomic mass is 9.84. The van der Waals surface area contributed by atoms with Crippen LogP contribution in [0, 0.1) is 0 Å². The molecule has 0 spiro atoms. The van der Waals surface area contributed by atoms with Crippen LogP contribution in [0.5, 0.6) is 0 Å². The van der Waals surface area contributed by atoms with Crippen molar-refractivity contribution in [1.82, 2.24) is 9.88 Å². The monoisotopic (exact) mass is 505 g/mol. The Morgan fingerprint density at radius 2 is 1.69 bits per heavy atom. The van der Waals surface area contributed by atoms with Gasteiger partial charge in [0.1, 0.15) is 0 Å². The Balaban J connectivity index is 1.24. The number of nitrogens with zero attached hydrogens (tertiary/aromatic N) is 2. The Labute approximate surface area is 211 Å². The zero-order chi connectivity index (χ0) is 24.4. The molecule has 1 aliphatic heterocycles. The number of likely N-dealkylation sites (tertiary alicyclic amines) is 1. The minimum absolute atomic E-state index is 0.0999. The Hall–Kier alpha value is -3.26. The number of piperidine rings is 1. The molecule has 0 saturated carbocycles. The second-order valence-electron chi connectivity index (χ2n) is 8.58. The van der Waals surface area contributed by atoms with Crippen LogP contribution >= 0.6 is 11.6 Å². The highest BCUT2D eigenvalue weighted by molar-refractivity contribution is 7.86. The molecule has 5 rings (SSSR count). The number of hydrogen-bond donors (Lipinski definition) is 2. The fourth-order valence-corrected chi connectivity index (χ4v) is 5.76. The Kier molecular flexibility index (Phi) is 6.56. The van der Waals surface area contributed by atoms with E-state index >= 15 is 0 Å². The highest BCUT2D eigenvalue weighted by Crippen LogP contribution is 2.37. The van der Waals surface area contributed by atoms with E-state index in [-0.39, 0.29) is 5.91 Å². The molecule has 1 saturated heterocycles. The standard InChI is InChI=1S/C27H24ClN3O3S/c28-23-8-2-1-7-22(23)27(33)14-17-31(18-15-27)26(32)20-10-12-21(13-11-20)30-35(34)24-9-3-5-19-6-4-16-29-25(19)24/h1-13,16,30,33H,14-15,17-18H2. The molecule has 0 radical (unpaired) electrons. The van der Waals surface area contributed by atoms with Gasteiger partial charge in [0.2, 0.25) is 0 Å². The molecule has 1 atom stereocenters. The van der Waals surface area contributed by atoms with E-state index in [1.807, 2.05) is 42.5 Å². The van der Waals surface area contributed by atoms with Crippen LogP contribution < -0.4 is 4.72 Å². The second-order valence-corrected chi connectivity index (χ2v) is 10.2. The van der Waals surface area contributed by atoms with Crippen LogP contribution in [-0.2, 0) is 16.6 Å². The number of para-hydroxylation sites is 1. The summed E-state index contributed by atoms with van der Waals surface area (Å²) in [5, 5.41) is 12.6. The minimum atomic E-state index is -1.51. The lowest BCUT2D eigenvalue weighted by molar-refractivity contribution is -0.0210. The van der Waals surface area contributed by atoms with E-state index in [1.54, 1.807) is 47.5 Å². The summed E-state index contributed by atoms with van der Waals surface area (Å²) >= 11 is 6.29. The summed E-state index contributed by atoms with van der Waals surface area (Å²) in [6, 6.07) is 23.6. The molecule has 1 aliphatic rings. The molecule has 0 bridgehead atoms. The first-order valence-corrected chi connectivity index (χ1v) is 12.9. The van der Waals surface area contributed by atoms with Crippen molar-refractivity contribution < 1.29 is 14.1 Å². The van der Waals surface area contributed by atoms with E-state index in [1.165, 1.54) is 0 Å². The Bertz CT molecular complexity index is 1400. The number of carbonyl (C=O) groups is 1. The Morgan fingerprint density at radius 3 is 2.43 bits per heavy atom. The van der Waals surface area contributed by atoms with Crippen LogP contribution in [0.25, 0.3) is 10.9 Å². The molecule has 35 heavy (non-hydrogen) atoms. The van der Waals surface area contributed by atoms with Crippen molar-refractivity contribution >= 4 is 45.1 Å². The van der Waals surface area contributed by atoms with E-state index < -0.39 is 16.6 Å². The maximum Gasteiger partial charge on any atom is 0.253 e. The van der Waals surface area contributed by atoms with Crippen LogP contribution in [-0.4, -0.2) is 38.2 Å². The summed E-state index contributed by atoms with van der Waals surface area (Å²) < 4.78 is 15.9. The first-order chi connectivity index (χ1) is 16.9. The smallest absolute Gasteiger partial charge is 0.253 e. The molecule has 178 valence electrons. The molecular weight excluding hydrogens is 482 g/mol. The van der Waals surface area contributed by atoms with E-state index in [0.29, 0.717) is 58.2 Å². The summed E-state index contributed by atoms with van der Waals surface area (Å²) in [7, 11) is -1.51. The van der Waals surface area contributed by atoms with E-state index in [2.05, 4.69) is 9.71 Å². The highest BCUT2D eigenvalue weighted by atomic mass is 35.5. The van der Waals surface area contributed by atoms with Gasteiger partial charge in [0, 0.05) is 46.5 Å². The molecule has 1 fully saturated rings. The van der Waals surface area contributed by atoms with Gasteiger partial charge in [-0.1, -0.05) is 48.0 Å². The number of aromatic nitrogens is 1. The Morgan fingerprint density at radius 1 is 0.971 bits per heavy atom. The molecule has 4 aromatic rings. The predicted octanol–water partition coefficient (Wildman–Crippen LogP) is 5.15. The lowest BCUT2D eigenvalue weighted by Crippen LogP contribution is -2.45. The van der Waals surface area contributed by atoms with Gasteiger partial charge in [-0.25, -0.2) is 4.21 Å². The fraction of sp³-hybridized carbons (Fsp3) is 0.185. The van der Waals surface area contributed by atoms with Gasteiger partial charge in [0.05, 0.1) is 16.0 Å². The minimum Gasteiger partial charge on any atom is -0.385 e. The van der Waals surface area contributed by atoms with Crippen LogP contribution in [0.15, 0.2) is 90.0 Å². The molecule has 2 N–H and O–H groups in total. The third-order valence-electron chi connectivity index (χ3n) is 6.39. The van der Waals surface area contributed by atoms with Crippen LogP contribution in [0.2, 0.25) is 5.02 Å². The van der Waals surface area contributed by atoms with E-state index in [4.69, 9.17) is 11.6 Å². The summed E-state index contributed by atoms with van der Waals surface area (Å²) in [5.74, 6) is -0.0999. The molecule has 6 nitrogen and oxygen atoms in total. The maximum absolute atomic E-state index is 13.0. The number of halogens is 1. The lowest BCUT2D eigenvalue weighted by Gasteiger charge is -2.39. The first-order valence-electron chi connectivity index (χ1n) is 11.3. The zero-order valence-electron chi connectivity index (χ0n) is 18.9. The van der Waals surface area contributed by atoms with Crippen molar-refractivity contribution in [2.24, 2.45) is 0 Å². The normalized spacial score (nSPS) is 16.1. The van der Waals surface area contributed by atoms with Crippen molar-refractivity contribution in [3.8, 4) is 0 Å². The average Bonchev–Trinajstić information content (AvgIpc) is 2.89. The van der Waals surface area contributed by atoms with Crippen molar-refractivity contribution in [2.75, 3.05) is 17.8 Å². The molecule has 1 amide bonds. The molecule has 0 aliphatic carbocycles. The van der Waals surface area contributed by atoms with Gasteiger partial charge in [-0.05, 0) is 55.3 Å². The predicted molar refractivity (Wildman–Crippen MR) is 139 cm³/mol. The number of nitrogens with one attached hydrogen (secondary N) is 1. The number of aliphatic hydroxyl groups is 1. The van der Waals surface area contributed by atoms with Crippen LogP contribution in [0.4, 0.5) is 5.69 Å². The van der Waals surface area contributed by atoms with Crippen molar-refractivity contribution in [3.05, 3.63) is 101 Å². The molecule has 1 aromatic heterocycles. The zero-order valence-corrected chi connectivity index (χ0v) is 20.4. The SMILES string of the molecule is O=C(c1ccc(NS(=O)c2cccc3cccnc23)cc1)N1CCC(O)(c2ccccc2Cl)CC1. The summed E-state index contributed by atoms with van der Waals surface area (Å²) in [6.07, 6.45) is 2.51. The van der Waals surface area contributed by atoms with Gasteiger partial charge in [-0.15, -0.1) is 0 Å². The van der Waals surface area contributed by atoms with E-state index in [0.717, 1.165) is 5.39 Å². The van der Waals surface area contributed by atoms with Gasteiger partial charge in [0.25, 0.3) is 5.91 Å². The van der Waals surface area contributed by atoms with Gasteiger partial charge >= 0.3 is 0 Å².